The Balaban J connectivity index is 1.39. The Bertz CT molecular complexity index is 1170. The Morgan fingerprint density at radius 2 is 1.76 bits per heavy atom. The van der Waals surface area contributed by atoms with Gasteiger partial charge in [0.05, 0.1) is 18.0 Å². The van der Waals surface area contributed by atoms with Gasteiger partial charge in [-0.1, -0.05) is 23.7 Å². The molecule has 0 aromatic heterocycles. The third kappa shape index (κ3) is 5.52. The van der Waals surface area contributed by atoms with Gasteiger partial charge in [-0.25, -0.2) is 8.42 Å². The maximum Gasteiger partial charge on any atom is 0.320 e. The number of nitrogens with one attached hydrogen (secondary N) is 1. The Labute approximate surface area is 204 Å². The Kier molecular flexibility index (Phi) is 7.73. The van der Waals surface area contributed by atoms with E-state index < -0.39 is 16.1 Å². The number of amides is 1. The van der Waals surface area contributed by atoms with Gasteiger partial charge in [-0.15, -0.1) is 0 Å². The van der Waals surface area contributed by atoms with Crippen LogP contribution in [0, 0.1) is 0 Å². The van der Waals surface area contributed by atoms with Crippen molar-refractivity contribution in [2.24, 2.45) is 0 Å². The van der Waals surface area contributed by atoms with Crippen molar-refractivity contribution in [3.8, 4) is 0 Å². The minimum absolute atomic E-state index is 0.0723. The Hall–Kier alpha value is -2.24. The summed E-state index contributed by atoms with van der Waals surface area (Å²) in [6.45, 7) is 5.18. The largest absolute Gasteiger partial charge is 0.465 e. The van der Waals surface area contributed by atoms with Crippen molar-refractivity contribution in [3.63, 3.8) is 0 Å². The Morgan fingerprint density at radius 1 is 1.06 bits per heavy atom. The molecule has 4 rings (SSSR count). The molecule has 0 saturated carbocycles. The quantitative estimate of drug-likeness (QED) is 0.584. The van der Waals surface area contributed by atoms with E-state index in [1.54, 1.807) is 48.2 Å². The van der Waals surface area contributed by atoms with E-state index in [0.717, 1.165) is 10.8 Å². The second-order valence-corrected chi connectivity index (χ2v) is 10.8. The van der Waals surface area contributed by atoms with Gasteiger partial charge in [0, 0.05) is 50.8 Å². The molecule has 1 atom stereocenters. The van der Waals surface area contributed by atoms with Gasteiger partial charge in [0.2, 0.25) is 15.9 Å². The molecule has 0 spiro atoms. The zero-order valence-electron chi connectivity index (χ0n) is 19.1. The van der Waals surface area contributed by atoms with E-state index in [2.05, 4.69) is 5.32 Å². The van der Waals surface area contributed by atoms with Gasteiger partial charge in [-0.3, -0.25) is 14.5 Å². The number of fused-ring (bicyclic) bond motifs is 1. The molecule has 2 aliphatic rings. The number of nitrogens with zero attached hydrogens (tertiary/aromatic N) is 3. The van der Waals surface area contributed by atoms with Crippen LogP contribution in [0.4, 0.5) is 0 Å². The molecule has 34 heavy (non-hydrogen) atoms. The molecule has 2 heterocycles. The molecule has 1 N–H and O–H groups in total. The van der Waals surface area contributed by atoms with Crippen molar-refractivity contribution >= 4 is 44.3 Å². The van der Waals surface area contributed by atoms with Gasteiger partial charge < -0.3 is 15.0 Å². The normalized spacial score (nSPS) is 20.4. The van der Waals surface area contributed by atoms with Gasteiger partial charge in [0.15, 0.2) is 0 Å². The Morgan fingerprint density at radius 3 is 2.50 bits per heavy atom. The molecule has 2 aromatic rings. The van der Waals surface area contributed by atoms with Crippen LogP contribution >= 0.6 is 11.6 Å². The molecule has 9 nitrogen and oxygen atoms in total. The minimum Gasteiger partial charge on any atom is -0.465 e. The van der Waals surface area contributed by atoms with Crippen LogP contribution in [-0.4, -0.2) is 99.4 Å². The maximum atomic E-state index is 13.3. The maximum absolute atomic E-state index is 13.3. The second kappa shape index (κ2) is 10.6. The third-order valence-corrected chi connectivity index (χ3v) is 8.29. The van der Waals surface area contributed by atoms with E-state index in [1.165, 1.54) is 4.31 Å². The second-order valence-electron chi connectivity index (χ2n) is 8.43. The third-order valence-electron chi connectivity index (χ3n) is 6.19. The first-order chi connectivity index (χ1) is 16.3. The molecule has 184 valence electrons. The molecular weight excluding hydrogens is 480 g/mol. The van der Waals surface area contributed by atoms with E-state index in [0.29, 0.717) is 44.4 Å². The van der Waals surface area contributed by atoms with Gasteiger partial charge in [-0.2, -0.15) is 4.31 Å². The number of sulfonamides is 1. The molecule has 1 amide bonds. The molecule has 2 fully saturated rings. The average molecular weight is 509 g/mol. The summed E-state index contributed by atoms with van der Waals surface area (Å²) in [7, 11) is -3.76. The number of benzene rings is 2. The lowest BCUT2D eigenvalue weighted by Gasteiger charge is -2.38. The zero-order chi connectivity index (χ0) is 24.3. The summed E-state index contributed by atoms with van der Waals surface area (Å²) < 4.78 is 33.0. The summed E-state index contributed by atoms with van der Waals surface area (Å²) in [5, 5.41) is 5.41. The summed E-state index contributed by atoms with van der Waals surface area (Å²) in [6.07, 6.45) is 0. The predicted molar refractivity (Wildman–Crippen MR) is 129 cm³/mol. The number of ether oxygens (including phenoxy) is 1. The number of carbonyl (C=O) groups is 2. The van der Waals surface area contributed by atoms with E-state index in [9.17, 15) is 18.0 Å². The number of halogens is 1. The summed E-state index contributed by atoms with van der Waals surface area (Å²) >= 11 is 6.03. The summed E-state index contributed by atoms with van der Waals surface area (Å²) in [5.41, 5.74) is 0. The van der Waals surface area contributed by atoms with Gasteiger partial charge in [0.25, 0.3) is 0 Å². The highest BCUT2D eigenvalue weighted by atomic mass is 35.5. The number of hydrogen-bond donors (Lipinski definition) is 1. The van der Waals surface area contributed by atoms with E-state index in [-0.39, 0.29) is 36.4 Å². The SMILES string of the molecule is CCOC(=O)CN1CCN(C(=O)C2CN(S(=O)(=O)c3ccc4cc(Cl)ccc4c3)CCN2)CC1. The van der Waals surface area contributed by atoms with Crippen LogP contribution in [0.15, 0.2) is 41.3 Å². The summed E-state index contributed by atoms with van der Waals surface area (Å²) in [4.78, 5) is 28.7. The van der Waals surface area contributed by atoms with Crippen molar-refractivity contribution in [1.82, 2.24) is 19.4 Å². The van der Waals surface area contributed by atoms with E-state index in [4.69, 9.17) is 16.3 Å². The number of carbonyl (C=O) groups excluding carboxylic acids is 2. The van der Waals surface area contributed by atoms with Crippen LogP contribution in [0.1, 0.15) is 6.92 Å². The van der Waals surface area contributed by atoms with Gasteiger partial charge in [-0.05, 0) is 42.0 Å². The van der Waals surface area contributed by atoms with Crippen LogP contribution in [0.3, 0.4) is 0 Å². The number of piperazine rings is 2. The fourth-order valence-electron chi connectivity index (χ4n) is 4.35. The zero-order valence-corrected chi connectivity index (χ0v) is 20.6. The van der Waals surface area contributed by atoms with Gasteiger partial charge in [0.1, 0.15) is 6.04 Å². The van der Waals surface area contributed by atoms with Crippen LogP contribution in [0.25, 0.3) is 10.8 Å². The fraction of sp³-hybridized carbons (Fsp3) is 0.478. The molecule has 11 heteroatoms. The van der Waals surface area contributed by atoms with Crippen LogP contribution in [0.2, 0.25) is 5.02 Å². The molecule has 0 radical (unpaired) electrons. The predicted octanol–water partition coefficient (Wildman–Crippen LogP) is 1.16. The summed E-state index contributed by atoms with van der Waals surface area (Å²) in [5.74, 6) is -0.391. The molecule has 0 aliphatic carbocycles. The van der Waals surface area contributed by atoms with Gasteiger partial charge >= 0.3 is 5.97 Å². The molecule has 2 aliphatic heterocycles. The first-order valence-corrected chi connectivity index (χ1v) is 13.2. The van der Waals surface area contributed by atoms with Crippen molar-refractivity contribution in [2.75, 3.05) is 59.0 Å². The molecule has 0 bridgehead atoms. The first-order valence-electron chi connectivity index (χ1n) is 11.4. The van der Waals surface area contributed by atoms with E-state index >= 15 is 0 Å². The topological polar surface area (TPSA) is 99.3 Å². The molecule has 2 saturated heterocycles. The number of hydrogen-bond acceptors (Lipinski definition) is 7. The molecular formula is C23H29ClN4O5S. The average Bonchev–Trinajstić information content (AvgIpc) is 2.84. The minimum atomic E-state index is -3.76. The highest BCUT2D eigenvalue weighted by Gasteiger charge is 2.36. The lowest BCUT2D eigenvalue weighted by atomic mass is 10.1. The van der Waals surface area contributed by atoms with Crippen molar-refractivity contribution in [3.05, 3.63) is 41.4 Å². The van der Waals surface area contributed by atoms with Crippen molar-refractivity contribution in [2.45, 2.75) is 17.9 Å². The molecule has 2 aromatic carbocycles. The van der Waals surface area contributed by atoms with Crippen molar-refractivity contribution in [1.29, 1.82) is 0 Å². The number of esters is 1. The number of rotatable bonds is 6. The monoisotopic (exact) mass is 508 g/mol. The first kappa shape index (κ1) is 24.9. The van der Waals surface area contributed by atoms with Crippen molar-refractivity contribution < 1.29 is 22.7 Å². The lowest BCUT2D eigenvalue weighted by Crippen LogP contribution is -2.61. The smallest absolute Gasteiger partial charge is 0.320 e. The van der Waals surface area contributed by atoms with Crippen LogP contribution < -0.4 is 5.32 Å². The lowest BCUT2D eigenvalue weighted by molar-refractivity contribution is -0.145. The standard InChI is InChI=1S/C23H29ClN4O5S/c1-2-33-22(29)16-26-9-11-27(12-10-26)23(30)21-15-28(8-7-25-21)34(31,32)20-6-4-17-13-19(24)5-3-18(17)14-20/h3-6,13-14,21,25H,2,7-12,15-16H2,1H3. The van der Waals surface area contributed by atoms with E-state index in [1.807, 2.05) is 4.90 Å². The fourth-order valence-corrected chi connectivity index (χ4v) is 6.02. The highest BCUT2D eigenvalue weighted by Crippen LogP contribution is 2.25. The highest BCUT2D eigenvalue weighted by molar-refractivity contribution is 7.89. The van der Waals surface area contributed by atoms with Crippen LogP contribution in [0.5, 0.6) is 0 Å². The molecule has 1 unspecified atom stereocenters. The summed E-state index contributed by atoms with van der Waals surface area (Å²) in [6, 6.07) is 9.67. The van der Waals surface area contributed by atoms with Crippen LogP contribution in [-0.2, 0) is 24.3 Å².